The number of nitrogen functional groups attached to an aromatic ring is 1. The number of aromatic carboxylic acids is 1. The summed E-state index contributed by atoms with van der Waals surface area (Å²) in [5.41, 5.74) is 6.60. The summed E-state index contributed by atoms with van der Waals surface area (Å²) in [5, 5.41) is 9.53. The Morgan fingerprint density at radius 3 is 2.65 bits per heavy atom. The molecule has 0 atom stereocenters. The fraction of sp³-hybridized carbons (Fsp3) is 0.0714. The van der Waals surface area contributed by atoms with Crippen molar-refractivity contribution in [2.45, 2.75) is 6.92 Å². The predicted molar refractivity (Wildman–Crippen MR) is 81.8 cm³/mol. The lowest BCUT2D eigenvalue weighted by molar-refractivity contribution is 0.0697. The lowest BCUT2D eigenvalue weighted by Crippen LogP contribution is -2.04. The molecule has 0 radical (unpaired) electrons. The molecule has 3 N–H and O–H groups in total. The van der Waals surface area contributed by atoms with E-state index in [1.807, 2.05) is 0 Å². The van der Waals surface area contributed by atoms with Crippen LogP contribution in [-0.2, 0) is 0 Å². The summed E-state index contributed by atoms with van der Waals surface area (Å²) in [7, 11) is 0. The van der Waals surface area contributed by atoms with Crippen molar-refractivity contribution in [3.05, 3.63) is 51.0 Å². The Labute approximate surface area is 129 Å². The van der Waals surface area contributed by atoms with Gasteiger partial charge in [0.1, 0.15) is 11.5 Å². The third kappa shape index (κ3) is 3.05. The Morgan fingerprint density at radius 1 is 1.35 bits per heavy atom. The lowest BCUT2D eigenvalue weighted by Gasteiger charge is -2.11. The van der Waals surface area contributed by atoms with Crippen LogP contribution >= 0.6 is 27.5 Å². The Hall–Kier alpha value is -1.72. The van der Waals surface area contributed by atoms with E-state index in [2.05, 4.69) is 15.9 Å². The van der Waals surface area contributed by atoms with Gasteiger partial charge in [-0.05, 0) is 42.8 Å². The number of benzene rings is 2. The van der Waals surface area contributed by atoms with E-state index < -0.39 is 5.97 Å². The Morgan fingerprint density at radius 2 is 2.05 bits per heavy atom. The standard InChI is InChI=1S/C14H11BrClNO3/c1-7-4-9(6-10(13(7)17)14(18)19)20-12-3-2-8(15)5-11(12)16/h2-6H,17H2,1H3,(H,18,19). The second-order valence-corrected chi connectivity index (χ2v) is 5.51. The van der Waals surface area contributed by atoms with Crippen LogP contribution in [0.3, 0.4) is 0 Å². The summed E-state index contributed by atoms with van der Waals surface area (Å²) in [6.07, 6.45) is 0. The highest BCUT2D eigenvalue weighted by Crippen LogP contribution is 2.33. The number of rotatable bonds is 3. The summed E-state index contributed by atoms with van der Waals surface area (Å²) in [6, 6.07) is 8.21. The van der Waals surface area contributed by atoms with Crippen LogP contribution in [0.25, 0.3) is 0 Å². The third-order valence-corrected chi connectivity index (χ3v) is 3.50. The quantitative estimate of drug-likeness (QED) is 0.795. The largest absolute Gasteiger partial charge is 0.478 e. The van der Waals surface area contributed by atoms with Gasteiger partial charge in [0.25, 0.3) is 0 Å². The maximum atomic E-state index is 11.1. The second kappa shape index (κ2) is 5.73. The normalized spacial score (nSPS) is 10.3. The minimum atomic E-state index is -1.10. The number of carboxylic acids is 1. The molecule has 0 unspecified atom stereocenters. The SMILES string of the molecule is Cc1cc(Oc2ccc(Br)cc2Cl)cc(C(=O)O)c1N. The Balaban J connectivity index is 2.41. The molecule has 0 aliphatic carbocycles. The lowest BCUT2D eigenvalue weighted by atomic mass is 10.1. The van der Waals surface area contributed by atoms with Crippen LogP contribution in [0, 0.1) is 6.92 Å². The monoisotopic (exact) mass is 355 g/mol. The van der Waals surface area contributed by atoms with Gasteiger partial charge in [-0.3, -0.25) is 0 Å². The van der Waals surface area contributed by atoms with E-state index in [9.17, 15) is 4.79 Å². The topological polar surface area (TPSA) is 72.5 Å². The molecule has 20 heavy (non-hydrogen) atoms. The first kappa shape index (κ1) is 14.7. The van der Waals surface area contributed by atoms with Crippen LogP contribution in [0.4, 0.5) is 5.69 Å². The third-order valence-electron chi connectivity index (χ3n) is 2.71. The zero-order valence-electron chi connectivity index (χ0n) is 10.5. The van der Waals surface area contributed by atoms with Crippen molar-refractivity contribution >= 4 is 39.2 Å². The smallest absolute Gasteiger partial charge is 0.337 e. The van der Waals surface area contributed by atoms with Gasteiger partial charge in [0.2, 0.25) is 0 Å². The first-order valence-corrected chi connectivity index (χ1v) is 6.82. The van der Waals surface area contributed by atoms with Gasteiger partial charge in [-0.2, -0.15) is 0 Å². The molecule has 4 nitrogen and oxygen atoms in total. The van der Waals surface area contributed by atoms with Gasteiger partial charge in [0.15, 0.2) is 0 Å². The number of aryl methyl sites for hydroxylation is 1. The average molecular weight is 357 g/mol. The van der Waals surface area contributed by atoms with Gasteiger partial charge in [0.05, 0.1) is 10.6 Å². The minimum Gasteiger partial charge on any atom is -0.478 e. The molecule has 104 valence electrons. The molecule has 0 amide bonds. The molecule has 0 aliphatic rings. The number of carboxylic acid groups (broad SMARTS) is 1. The van der Waals surface area contributed by atoms with Gasteiger partial charge < -0.3 is 15.6 Å². The first-order chi connectivity index (χ1) is 9.38. The van der Waals surface area contributed by atoms with Crippen molar-refractivity contribution in [2.75, 3.05) is 5.73 Å². The van der Waals surface area contributed by atoms with E-state index in [0.717, 1.165) is 4.47 Å². The summed E-state index contributed by atoms with van der Waals surface area (Å²) >= 11 is 9.36. The van der Waals surface area contributed by atoms with Gasteiger partial charge >= 0.3 is 5.97 Å². The highest BCUT2D eigenvalue weighted by molar-refractivity contribution is 9.10. The molecule has 2 aromatic carbocycles. The van der Waals surface area contributed by atoms with Gasteiger partial charge in [-0.1, -0.05) is 27.5 Å². The molecule has 0 saturated heterocycles. The molecule has 6 heteroatoms. The molecule has 0 aromatic heterocycles. The number of carbonyl (C=O) groups is 1. The van der Waals surface area contributed by atoms with E-state index >= 15 is 0 Å². The first-order valence-electron chi connectivity index (χ1n) is 5.65. The van der Waals surface area contributed by atoms with Gasteiger partial charge in [-0.25, -0.2) is 4.79 Å². The Bertz CT molecular complexity index is 688. The zero-order valence-corrected chi connectivity index (χ0v) is 12.8. The number of nitrogens with two attached hydrogens (primary N) is 1. The highest BCUT2D eigenvalue weighted by atomic mass is 79.9. The summed E-state index contributed by atoms with van der Waals surface area (Å²) in [4.78, 5) is 11.1. The van der Waals surface area contributed by atoms with Crippen molar-refractivity contribution in [3.63, 3.8) is 0 Å². The van der Waals surface area contributed by atoms with Crippen molar-refractivity contribution in [1.29, 1.82) is 0 Å². The molecular formula is C14H11BrClNO3. The van der Waals surface area contributed by atoms with Crippen LogP contribution in [0.15, 0.2) is 34.8 Å². The van der Waals surface area contributed by atoms with Crippen molar-refractivity contribution in [1.82, 2.24) is 0 Å². The molecule has 2 rings (SSSR count). The van der Waals surface area contributed by atoms with Gasteiger partial charge in [-0.15, -0.1) is 0 Å². The number of hydrogen-bond donors (Lipinski definition) is 2. The maximum Gasteiger partial charge on any atom is 0.337 e. The molecule has 0 aliphatic heterocycles. The average Bonchev–Trinajstić information content (AvgIpc) is 2.36. The van der Waals surface area contributed by atoms with E-state index in [4.69, 9.17) is 27.2 Å². The fourth-order valence-electron chi connectivity index (χ4n) is 1.69. The summed E-state index contributed by atoms with van der Waals surface area (Å²) in [6.45, 7) is 1.72. The summed E-state index contributed by atoms with van der Waals surface area (Å²) in [5.74, 6) is -0.286. The van der Waals surface area contributed by atoms with Crippen LogP contribution in [0.2, 0.25) is 5.02 Å². The maximum absolute atomic E-state index is 11.1. The number of ether oxygens (including phenoxy) is 1. The molecule has 0 heterocycles. The summed E-state index contributed by atoms with van der Waals surface area (Å²) < 4.78 is 6.45. The van der Waals surface area contributed by atoms with E-state index in [1.165, 1.54) is 6.07 Å². The zero-order chi connectivity index (χ0) is 14.9. The molecule has 0 bridgehead atoms. The number of anilines is 1. The van der Waals surface area contributed by atoms with Crippen LogP contribution < -0.4 is 10.5 Å². The van der Waals surface area contributed by atoms with Gasteiger partial charge in [0, 0.05) is 10.2 Å². The molecule has 0 spiro atoms. The number of halogens is 2. The van der Waals surface area contributed by atoms with E-state index in [-0.39, 0.29) is 11.3 Å². The van der Waals surface area contributed by atoms with Crippen LogP contribution in [0.1, 0.15) is 15.9 Å². The fourth-order valence-corrected chi connectivity index (χ4v) is 2.40. The van der Waals surface area contributed by atoms with E-state index in [1.54, 1.807) is 31.2 Å². The van der Waals surface area contributed by atoms with Crippen molar-refractivity contribution < 1.29 is 14.6 Å². The van der Waals surface area contributed by atoms with Crippen LogP contribution in [-0.4, -0.2) is 11.1 Å². The number of hydrogen-bond acceptors (Lipinski definition) is 3. The molecule has 2 aromatic rings. The highest BCUT2D eigenvalue weighted by Gasteiger charge is 2.13. The predicted octanol–water partition coefficient (Wildman–Crippen LogP) is 4.48. The molecule has 0 fully saturated rings. The Kier molecular flexibility index (Phi) is 4.20. The minimum absolute atomic E-state index is 0.00762. The van der Waals surface area contributed by atoms with Crippen molar-refractivity contribution in [3.8, 4) is 11.5 Å². The van der Waals surface area contributed by atoms with E-state index in [0.29, 0.717) is 22.1 Å². The van der Waals surface area contributed by atoms with Crippen LogP contribution in [0.5, 0.6) is 11.5 Å². The molecule has 0 saturated carbocycles. The van der Waals surface area contributed by atoms with Crippen molar-refractivity contribution in [2.24, 2.45) is 0 Å². The molecular weight excluding hydrogens is 346 g/mol. The second-order valence-electron chi connectivity index (χ2n) is 4.18.